The first kappa shape index (κ1) is 18.2. The Morgan fingerprint density at radius 2 is 1.80 bits per heavy atom. The molecule has 0 aliphatic carbocycles. The second-order valence-corrected chi connectivity index (χ2v) is 7.65. The molecule has 148 valence electrons. The van der Waals surface area contributed by atoms with E-state index < -0.39 is 11.9 Å². The summed E-state index contributed by atoms with van der Waals surface area (Å²) in [6.07, 6.45) is 2.01. The van der Waals surface area contributed by atoms with Gasteiger partial charge in [0.25, 0.3) is 5.91 Å². The minimum atomic E-state index is -0.687. The molecule has 6 heteroatoms. The second kappa shape index (κ2) is 6.91. The van der Waals surface area contributed by atoms with Gasteiger partial charge in [0.2, 0.25) is 11.8 Å². The Labute approximate surface area is 172 Å². The van der Waals surface area contributed by atoms with E-state index in [1.54, 1.807) is 18.2 Å². The lowest BCUT2D eigenvalue weighted by molar-refractivity contribution is -0.134. The molecular formula is C24H18N2O4. The first-order chi connectivity index (χ1) is 14.6. The molecular weight excluding hydrogens is 380 g/mol. The highest BCUT2D eigenvalue weighted by Crippen LogP contribution is 2.41. The molecule has 2 aliphatic heterocycles. The summed E-state index contributed by atoms with van der Waals surface area (Å²) in [5.41, 5.74) is 4.04. The summed E-state index contributed by atoms with van der Waals surface area (Å²) >= 11 is 0. The highest BCUT2D eigenvalue weighted by atomic mass is 16.2. The van der Waals surface area contributed by atoms with E-state index in [9.17, 15) is 19.2 Å². The average Bonchev–Trinajstić information content (AvgIpc) is 3.04. The molecule has 3 aromatic carbocycles. The summed E-state index contributed by atoms with van der Waals surface area (Å²) in [6, 6.07) is 16.2. The maximum Gasteiger partial charge on any atom is 0.259 e. The summed E-state index contributed by atoms with van der Waals surface area (Å²) in [4.78, 5) is 49.5. The molecule has 6 nitrogen and oxygen atoms in total. The number of carbonyl (C=O) groups is 4. The number of hydrogen-bond donors (Lipinski definition) is 1. The van der Waals surface area contributed by atoms with Crippen molar-refractivity contribution in [2.75, 3.05) is 4.90 Å². The van der Waals surface area contributed by atoms with E-state index in [-0.39, 0.29) is 18.2 Å². The molecule has 2 aliphatic rings. The van der Waals surface area contributed by atoms with Crippen LogP contribution in [-0.2, 0) is 16.0 Å². The third kappa shape index (κ3) is 2.80. The van der Waals surface area contributed by atoms with Gasteiger partial charge in [-0.05, 0) is 41.5 Å². The van der Waals surface area contributed by atoms with Crippen LogP contribution in [-0.4, -0.2) is 30.0 Å². The third-order valence-electron chi connectivity index (χ3n) is 5.85. The first-order valence-electron chi connectivity index (χ1n) is 9.83. The quantitative estimate of drug-likeness (QED) is 0.541. The van der Waals surface area contributed by atoms with Crippen molar-refractivity contribution in [3.8, 4) is 0 Å². The van der Waals surface area contributed by atoms with Gasteiger partial charge in [0.05, 0.1) is 5.69 Å². The lowest BCUT2D eigenvalue weighted by Gasteiger charge is -2.30. The molecule has 0 saturated carbocycles. The number of nitrogens with zero attached hydrogens (tertiary/aromatic N) is 1. The van der Waals surface area contributed by atoms with Gasteiger partial charge in [-0.2, -0.15) is 0 Å². The van der Waals surface area contributed by atoms with Crippen molar-refractivity contribution in [3.63, 3.8) is 0 Å². The van der Waals surface area contributed by atoms with Crippen molar-refractivity contribution >= 4 is 40.5 Å². The number of amides is 3. The lowest BCUT2D eigenvalue weighted by Crippen LogP contribution is -2.53. The fourth-order valence-electron chi connectivity index (χ4n) is 4.39. The average molecular weight is 398 g/mol. The minimum absolute atomic E-state index is 0.211. The molecule has 3 aromatic rings. The number of carbonyl (C=O) groups excluding carboxylic acids is 4. The van der Waals surface area contributed by atoms with E-state index in [0.29, 0.717) is 29.7 Å². The van der Waals surface area contributed by atoms with E-state index in [2.05, 4.69) is 5.32 Å². The SMILES string of the molecule is O=Cc1ccc(Cc2ccc3c4c(cccc24)C(=O)N3C2CCC(=O)NC2=O)cc1. The molecule has 1 N–H and O–H groups in total. The smallest absolute Gasteiger partial charge is 0.259 e. The van der Waals surface area contributed by atoms with Gasteiger partial charge in [0, 0.05) is 22.9 Å². The van der Waals surface area contributed by atoms with Crippen LogP contribution in [0.1, 0.15) is 44.7 Å². The molecule has 30 heavy (non-hydrogen) atoms. The first-order valence-corrected chi connectivity index (χ1v) is 9.83. The number of rotatable bonds is 4. The molecule has 1 saturated heterocycles. The van der Waals surface area contributed by atoms with Gasteiger partial charge in [0.15, 0.2) is 0 Å². The summed E-state index contributed by atoms with van der Waals surface area (Å²) < 4.78 is 0. The van der Waals surface area contributed by atoms with Crippen LogP contribution in [0.4, 0.5) is 5.69 Å². The van der Waals surface area contributed by atoms with Crippen molar-refractivity contribution in [3.05, 3.63) is 76.9 Å². The molecule has 0 aromatic heterocycles. The lowest BCUT2D eigenvalue weighted by atomic mass is 9.95. The monoisotopic (exact) mass is 398 g/mol. The van der Waals surface area contributed by atoms with Gasteiger partial charge in [0.1, 0.15) is 12.3 Å². The number of aldehydes is 1. The summed E-state index contributed by atoms with van der Waals surface area (Å²) in [5, 5.41) is 4.15. The normalized spacial score (nSPS) is 18.1. The zero-order valence-corrected chi connectivity index (χ0v) is 16.1. The molecule has 1 fully saturated rings. The fraction of sp³-hybridized carbons (Fsp3) is 0.167. The zero-order valence-electron chi connectivity index (χ0n) is 16.1. The van der Waals surface area contributed by atoms with E-state index in [1.807, 2.05) is 36.4 Å². The van der Waals surface area contributed by atoms with Crippen LogP contribution < -0.4 is 10.2 Å². The second-order valence-electron chi connectivity index (χ2n) is 7.65. The Morgan fingerprint density at radius 3 is 2.53 bits per heavy atom. The molecule has 0 bridgehead atoms. The maximum atomic E-state index is 13.2. The third-order valence-corrected chi connectivity index (χ3v) is 5.85. The predicted octanol–water partition coefficient (Wildman–Crippen LogP) is 3.01. The van der Waals surface area contributed by atoms with Crippen LogP contribution >= 0.6 is 0 Å². The van der Waals surface area contributed by atoms with Gasteiger partial charge in [-0.25, -0.2) is 0 Å². The Balaban J connectivity index is 1.57. The van der Waals surface area contributed by atoms with Gasteiger partial charge < -0.3 is 0 Å². The Hall–Kier alpha value is -3.80. The van der Waals surface area contributed by atoms with Crippen molar-refractivity contribution in [1.82, 2.24) is 5.32 Å². The van der Waals surface area contributed by atoms with E-state index in [4.69, 9.17) is 0 Å². The fourth-order valence-corrected chi connectivity index (χ4v) is 4.39. The number of piperidine rings is 1. The summed E-state index contributed by atoms with van der Waals surface area (Å²) in [5.74, 6) is -0.945. The maximum absolute atomic E-state index is 13.2. The van der Waals surface area contributed by atoms with E-state index in [0.717, 1.165) is 28.2 Å². The Bertz CT molecular complexity index is 1230. The number of hydrogen-bond acceptors (Lipinski definition) is 4. The van der Waals surface area contributed by atoms with Crippen LogP contribution in [0.25, 0.3) is 10.8 Å². The molecule has 1 unspecified atom stereocenters. The standard InChI is InChI=1S/C24H18N2O4/c27-13-15-6-4-14(5-7-15)12-16-8-9-19-22-17(16)2-1-3-18(22)24(30)26(19)20-10-11-21(28)25-23(20)29/h1-9,13,20H,10-12H2,(H,25,28,29). The van der Waals surface area contributed by atoms with Crippen LogP contribution in [0.15, 0.2) is 54.6 Å². The van der Waals surface area contributed by atoms with Gasteiger partial charge in [-0.1, -0.05) is 42.5 Å². The van der Waals surface area contributed by atoms with Crippen LogP contribution in [0.2, 0.25) is 0 Å². The summed E-state index contributed by atoms with van der Waals surface area (Å²) in [6.45, 7) is 0. The summed E-state index contributed by atoms with van der Waals surface area (Å²) in [7, 11) is 0. The predicted molar refractivity (Wildman–Crippen MR) is 112 cm³/mol. The van der Waals surface area contributed by atoms with Crippen molar-refractivity contribution < 1.29 is 19.2 Å². The van der Waals surface area contributed by atoms with Crippen LogP contribution in [0, 0.1) is 0 Å². The molecule has 0 radical (unpaired) electrons. The molecule has 2 heterocycles. The molecule has 3 amide bonds. The molecule has 1 atom stereocenters. The largest absolute Gasteiger partial charge is 0.298 e. The number of nitrogens with one attached hydrogen (secondary N) is 1. The Morgan fingerprint density at radius 1 is 1.00 bits per heavy atom. The highest BCUT2D eigenvalue weighted by Gasteiger charge is 2.40. The zero-order chi connectivity index (χ0) is 20.8. The van der Waals surface area contributed by atoms with Gasteiger partial charge in [-0.15, -0.1) is 0 Å². The topological polar surface area (TPSA) is 83.6 Å². The van der Waals surface area contributed by atoms with Crippen LogP contribution in [0.3, 0.4) is 0 Å². The van der Waals surface area contributed by atoms with E-state index >= 15 is 0 Å². The van der Waals surface area contributed by atoms with E-state index in [1.165, 1.54) is 4.90 Å². The number of imide groups is 1. The minimum Gasteiger partial charge on any atom is -0.298 e. The highest BCUT2D eigenvalue weighted by molar-refractivity contribution is 6.27. The van der Waals surface area contributed by atoms with Gasteiger partial charge in [-0.3, -0.25) is 29.4 Å². The number of anilines is 1. The van der Waals surface area contributed by atoms with Gasteiger partial charge >= 0.3 is 0 Å². The Kier molecular flexibility index (Phi) is 4.20. The molecule has 5 rings (SSSR count). The van der Waals surface area contributed by atoms with Crippen molar-refractivity contribution in [2.24, 2.45) is 0 Å². The molecule has 0 spiro atoms. The van der Waals surface area contributed by atoms with Crippen molar-refractivity contribution in [1.29, 1.82) is 0 Å². The van der Waals surface area contributed by atoms with Crippen molar-refractivity contribution in [2.45, 2.75) is 25.3 Å². The number of benzene rings is 3. The van der Waals surface area contributed by atoms with Crippen LogP contribution in [0.5, 0.6) is 0 Å².